The summed E-state index contributed by atoms with van der Waals surface area (Å²) >= 11 is 0. The quantitative estimate of drug-likeness (QED) is 0.610. The molecule has 0 aliphatic carbocycles. The minimum atomic E-state index is 0. The predicted molar refractivity (Wildman–Crippen MR) is 43.7 cm³/mol. The molecule has 0 saturated carbocycles. The van der Waals surface area contributed by atoms with Gasteiger partial charge in [-0.25, -0.2) is 0 Å². The van der Waals surface area contributed by atoms with Crippen molar-refractivity contribution in [2.24, 2.45) is 0 Å². The zero-order valence-corrected chi connectivity index (χ0v) is 6.91. The van der Waals surface area contributed by atoms with Crippen molar-refractivity contribution in [3.63, 3.8) is 0 Å². The summed E-state index contributed by atoms with van der Waals surface area (Å²) in [6.45, 7) is 0. The second kappa shape index (κ2) is 8.73. The molecule has 0 saturated heterocycles. The van der Waals surface area contributed by atoms with E-state index in [9.17, 15) is 0 Å². The maximum Gasteiger partial charge on any atom is 0.118 e. The van der Waals surface area contributed by atoms with E-state index in [2.05, 4.69) is 0 Å². The first-order chi connectivity index (χ1) is 4.93. The van der Waals surface area contributed by atoms with Gasteiger partial charge in [0.2, 0.25) is 0 Å². The first-order valence-electron chi connectivity index (χ1n) is 2.72. The lowest BCUT2D eigenvalue weighted by atomic mass is 10.3. The number of nitrogens with zero attached hydrogens (tertiary/aromatic N) is 2. The number of halogens is 1. The van der Waals surface area contributed by atoms with Crippen LogP contribution in [-0.4, -0.2) is 7.11 Å². The summed E-state index contributed by atoms with van der Waals surface area (Å²) in [4.78, 5) is 0. The van der Waals surface area contributed by atoms with E-state index in [4.69, 9.17) is 15.5 Å². The lowest BCUT2D eigenvalue weighted by Gasteiger charge is -1.93. The Morgan fingerprint density at radius 2 is 1.55 bits per heavy atom. The van der Waals surface area contributed by atoms with E-state index >= 15 is 0 Å². The summed E-state index contributed by atoms with van der Waals surface area (Å²) < 4.78 is 4.91. The minimum Gasteiger partial charge on any atom is -0.497 e. The van der Waals surface area contributed by atoms with Gasteiger partial charge >= 0.3 is 0 Å². The Morgan fingerprint density at radius 3 is 1.82 bits per heavy atom. The van der Waals surface area contributed by atoms with Crippen LogP contribution in [0.2, 0.25) is 0 Å². The van der Waals surface area contributed by atoms with Gasteiger partial charge in [-0.1, -0.05) is 18.2 Å². The number of hydrogen-bond donors (Lipinski definition) is 0. The third kappa shape index (κ3) is 5.19. The second-order valence-corrected chi connectivity index (χ2v) is 1.52. The number of para-hydroxylation sites is 1. The van der Waals surface area contributed by atoms with Crippen molar-refractivity contribution in [1.29, 1.82) is 10.8 Å². The van der Waals surface area contributed by atoms with Gasteiger partial charge in [-0.3, -0.25) is 0 Å². The highest BCUT2D eigenvalue weighted by molar-refractivity contribution is 5.85. The molecular formula is C7H9ClN2O. The second-order valence-electron chi connectivity index (χ2n) is 1.52. The SMILES string of the molecule is COc1ccccc1.Cl.N#N. The molecule has 0 aliphatic heterocycles. The van der Waals surface area contributed by atoms with Crippen LogP contribution in [0, 0.1) is 10.8 Å². The van der Waals surface area contributed by atoms with Crippen molar-refractivity contribution in [3.05, 3.63) is 30.3 Å². The van der Waals surface area contributed by atoms with E-state index in [0.717, 1.165) is 5.75 Å². The molecule has 1 aromatic carbocycles. The Balaban J connectivity index is 0. The first kappa shape index (κ1) is 12.4. The summed E-state index contributed by atoms with van der Waals surface area (Å²) in [7, 11) is 1.66. The van der Waals surface area contributed by atoms with E-state index in [1.54, 1.807) is 7.11 Å². The standard InChI is InChI=1S/C7H8O.ClH.N2/c1-8-7-5-3-2-4-6-7;;1-2/h2-6H,1H3;1H;. The molecule has 3 nitrogen and oxygen atoms in total. The smallest absolute Gasteiger partial charge is 0.118 e. The summed E-state index contributed by atoms with van der Waals surface area (Å²) in [5, 5.41) is 12.0. The van der Waals surface area contributed by atoms with Gasteiger partial charge in [-0.05, 0) is 12.1 Å². The van der Waals surface area contributed by atoms with Gasteiger partial charge in [0, 0.05) is 10.8 Å². The number of benzene rings is 1. The molecule has 0 bridgehead atoms. The molecule has 60 valence electrons. The van der Waals surface area contributed by atoms with Crippen molar-refractivity contribution in [2.75, 3.05) is 7.11 Å². The van der Waals surface area contributed by atoms with Crippen LogP contribution in [0.3, 0.4) is 0 Å². The fourth-order valence-corrected chi connectivity index (χ4v) is 0.557. The molecule has 0 aromatic heterocycles. The van der Waals surface area contributed by atoms with E-state index in [1.165, 1.54) is 0 Å². The molecule has 1 aromatic rings. The van der Waals surface area contributed by atoms with Crippen molar-refractivity contribution in [1.82, 2.24) is 0 Å². The molecule has 0 aliphatic rings. The molecule has 0 heterocycles. The third-order valence-corrected chi connectivity index (χ3v) is 0.979. The van der Waals surface area contributed by atoms with E-state index in [1.807, 2.05) is 30.3 Å². The fourth-order valence-electron chi connectivity index (χ4n) is 0.557. The molecule has 0 fully saturated rings. The number of hydrogen-bond acceptors (Lipinski definition) is 3. The Labute approximate surface area is 71.8 Å². The molecule has 0 N–H and O–H groups in total. The van der Waals surface area contributed by atoms with Gasteiger partial charge < -0.3 is 4.74 Å². The Hall–Kier alpha value is -1.27. The maximum absolute atomic E-state index is 6.00. The topological polar surface area (TPSA) is 56.8 Å². The van der Waals surface area contributed by atoms with E-state index in [-0.39, 0.29) is 12.4 Å². The van der Waals surface area contributed by atoms with E-state index < -0.39 is 0 Å². The molecule has 0 amide bonds. The molecule has 0 spiro atoms. The van der Waals surface area contributed by atoms with Gasteiger partial charge in [0.05, 0.1) is 7.11 Å². The van der Waals surface area contributed by atoms with Crippen molar-refractivity contribution in [2.45, 2.75) is 0 Å². The average molecular weight is 173 g/mol. The van der Waals surface area contributed by atoms with Crippen LogP contribution in [-0.2, 0) is 0 Å². The highest BCUT2D eigenvalue weighted by Gasteiger charge is 1.80. The highest BCUT2D eigenvalue weighted by atomic mass is 35.5. The summed E-state index contributed by atoms with van der Waals surface area (Å²) in [6, 6.07) is 9.68. The summed E-state index contributed by atoms with van der Waals surface area (Å²) in [5.41, 5.74) is 0. The monoisotopic (exact) mass is 172 g/mol. The van der Waals surface area contributed by atoms with Crippen LogP contribution < -0.4 is 4.74 Å². The molecule has 0 radical (unpaired) electrons. The minimum absolute atomic E-state index is 0. The lowest BCUT2D eigenvalue weighted by Crippen LogP contribution is -1.78. The molecule has 0 unspecified atom stereocenters. The molecular weight excluding hydrogens is 164 g/mol. The molecule has 4 heteroatoms. The summed E-state index contributed by atoms with van der Waals surface area (Å²) in [6.07, 6.45) is 0. The lowest BCUT2D eigenvalue weighted by molar-refractivity contribution is 0.415. The number of rotatable bonds is 1. The molecule has 0 atom stereocenters. The van der Waals surface area contributed by atoms with Crippen molar-refractivity contribution in [3.8, 4) is 5.75 Å². The largest absolute Gasteiger partial charge is 0.497 e. The average Bonchev–Trinajstić information content (AvgIpc) is 2.10. The maximum atomic E-state index is 6.00. The molecule has 1 rings (SSSR count). The van der Waals surface area contributed by atoms with Gasteiger partial charge in [-0.15, -0.1) is 12.4 Å². The van der Waals surface area contributed by atoms with Gasteiger partial charge in [0.25, 0.3) is 0 Å². The van der Waals surface area contributed by atoms with Crippen LogP contribution in [0.4, 0.5) is 0 Å². The number of methoxy groups -OCH3 is 1. The van der Waals surface area contributed by atoms with Crippen LogP contribution in [0.15, 0.2) is 30.3 Å². The van der Waals surface area contributed by atoms with Gasteiger partial charge in [0.1, 0.15) is 5.75 Å². The van der Waals surface area contributed by atoms with Crippen molar-refractivity contribution < 1.29 is 4.74 Å². The number of ether oxygens (including phenoxy) is 1. The van der Waals surface area contributed by atoms with Crippen LogP contribution in [0.1, 0.15) is 0 Å². The van der Waals surface area contributed by atoms with Gasteiger partial charge in [-0.2, -0.15) is 0 Å². The Bertz CT molecular complexity index is 188. The zero-order chi connectivity index (χ0) is 7.82. The van der Waals surface area contributed by atoms with Gasteiger partial charge in [0.15, 0.2) is 0 Å². The Kier molecular flexibility index (Phi) is 9.85. The zero-order valence-electron chi connectivity index (χ0n) is 6.10. The normalized spacial score (nSPS) is 6.45. The predicted octanol–water partition coefficient (Wildman–Crippen LogP) is 2.15. The van der Waals surface area contributed by atoms with Crippen LogP contribution in [0.5, 0.6) is 5.75 Å². The Morgan fingerprint density at radius 1 is 1.09 bits per heavy atom. The summed E-state index contributed by atoms with van der Waals surface area (Å²) in [5.74, 6) is 0.910. The highest BCUT2D eigenvalue weighted by Crippen LogP contribution is 2.05. The van der Waals surface area contributed by atoms with Crippen LogP contribution in [0.25, 0.3) is 0 Å². The fraction of sp³-hybridized carbons (Fsp3) is 0.143. The van der Waals surface area contributed by atoms with Crippen LogP contribution >= 0.6 is 12.4 Å². The third-order valence-electron chi connectivity index (χ3n) is 0.979. The molecule has 11 heavy (non-hydrogen) atoms. The first-order valence-corrected chi connectivity index (χ1v) is 2.72. The van der Waals surface area contributed by atoms with Crippen molar-refractivity contribution >= 4 is 12.4 Å². The van der Waals surface area contributed by atoms with E-state index in [0.29, 0.717) is 0 Å².